The van der Waals surface area contributed by atoms with Crippen LogP contribution >= 0.6 is 0 Å². The minimum absolute atomic E-state index is 0.226. The summed E-state index contributed by atoms with van der Waals surface area (Å²) in [5.41, 5.74) is 9.40. The number of aryl methyl sites for hydroxylation is 2. The monoisotopic (exact) mass is 231 g/mol. The molecule has 1 aromatic carbocycles. The van der Waals surface area contributed by atoms with Crippen LogP contribution in [0.15, 0.2) is 24.3 Å². The summed E-state index contributed by atoms with van der Waals surface area (Å²) in [6.07, 6.45) is 0.693. The molecule has 1 aromatic heterocycles. The zero-order chi connectivity index (χ0) is 12.4. The van der Waals surface area contributed by atoms with Crippen LogP contribution in [0.25, 0.3) is 0 Å². The van der Waals surface area contributed by atoms with Crippen molar-refractivity contribution in [2.24, 2.45) is 0 Å². The van der Waals surface area contributed by atoms with Crippen LogP contribution in [0.4, 0.5) is 10.3 Å². The second-order valence-corrected chi connectivity index (χ2v) is 4.03. The maximum absolute atomic E-state index is 12.8. The SMILES string of the molecule is Cc1nc(N)nc(C)c1Cc1ccc(F)cc1. The van der Waals surface area contributed by atoms with Gasteiger partial charge in [-0.1, -0.05) is 12.1 Å². The van der Waals surface area contributed by atoms with E-state index in [0.29, 0.717) is 12.4 Å². The van der Waals surface area contributed by atoms with E-state index in [1.165, 1.54) is 12.1 Å². The van der Waals surface area contributed by atoms with Crippen molar-refractivity contribution in [3.05, 3.63) is 52.6 Å². The highest BCUT2D eigenvalue weighted by Gasteiger charge is 2.07. The maximum Gasteiger partial charge on any atom is 0.220 e. The van der Waals surface area contributed by atoms with Gasteiger partial charge in [0.25, 0.3) is 0 Å². The molecule has 0 bridgehead atoms. The van der Waals surface area contributed by atoms with Gasteiger partial charge in [-0.05, 0) is 37.1 Å². The summed E-state index contributed by atoms with van der Waals surface area (Å²) in [6, 6.07) is 6.45. The molecule has 2 aromatic rings. The number of benzene rings is 1. The summed E-state index contributed by atoms with van der Waals surface area (Å²) >= 11 is 0. The van der Waals surface area contributed by atoms with Crippen molar-refractivity contribution in [3.8, 4) is 0 Å². The number of halogens is 1. The average Bonchev–Trinajstić information content (AvgIpc) is 2.26. The summed E-state index contributed by atoms with van der Waals surface area (Å²) < 4.78 is 12.8. The Morgan fingerprint density at radius 3 is 2.12 bits per heavy atom. The molecule has 0 radical (unpaired) electrons. The number of nitrogens with two attached hydrogens (primary N) is 1. The molecule has 0 fully saturated rings. The third-order valence-electron chi connectivity index (χ3n) is 2.73. The van der Waals surface area contributed by atoms with Gasteiger partial charge >= 0.3 is 0 Å². The summed E-state index contributed by atoms with van der Waals surface area (Å²) in [5, 5.41) is 0. The normalized spacial score (nSPS) is 10.5. The number of aromatic nitrogens is 2. The minimum atomic E-state index is -0.226. The van der Waals surface area contributed by atoms with Gasteiger partial charge in [-0.3, -0.25) is 0 Å². The van der Waals surface area contributed by atoms with E-state index in [4.69, 9.17) is 5.73 Å². The number of nitrogens with zero attached hydrogens (tertiary/aromatic N) is 2. The average molecular weight is 231 g/mol. The third kappa shape index (κ3) is 2.58. The Labute approximate surface area is 99.5 Å². The molecule has 2 N–H and O–H groups in total. The quantitative estimate of drug-likeness (QED) is 0.863. The Balaban J connectivity index is 2.33. The zero-order valence-electron chi connectivity index (χ0n) is 9.87. The lowest BCUT2D eigenvalue weighted by atomic mass is 10.0. The largest absolute Gasteiger partial charge is 0.368 e. The van der Waals surface area contributed by atoms with Crippen LogP contribution in [-0.4, -0.2) is 9.97 Å². The number of nitrogen functional groups attached to an aromatic ring is 1. The molecule has 1 heterocycles. The van der Waals surface area contributed by atoms with E-state index < -0.39 is 0 Å². The Hall–Kier alpha value is -1.97. The predicted octanol–water partition coefficient (Wildman–Crippen LogP) is 2.41. The molecule has 0 aliphatic heterocycles. The second-order valence-electron chi connectivity index (χ2n) is 4.03. The highest BCUT2D eigenvalue weighted by atomic mass is 19.1. The van der Waals surface area contributed by atoms with Gasteiger partial charge in [0.1, 0.15) is 5.82 Å². The van der Waals surface area contributed by atoms with Gasteiger partial charge in [0.15, 0.2) is 0 Å². The van der Waals surface area contributed by atoms with E-state index in [1.807, 2.05) is 13.8 Å². The Morgan fingerprint density at radius 1 is 1.06 bits per heavy atom. The van der Waals surface area contributed by atoms with E-state index in [9.17, 15) is 4.39 Å². The molecular formula is C13H14FN3. The first kappa shape index (κ1) is 11.5. The fourth-order valence-electron chi connectivity index (χ4n) is 1.83. The smallest absolute Gasteiger partial charge is 0.220 e. The number of anilines is 1. The molecule has 0 unspecified atom stereocenters. The lowest BCUT2D eigenvalue weighted by Crippen LogP contribution is -2.05. The number of rotatable bonds is 2. The van der Waals surface area contributed by atoms with E-state index in [2.05, 4.69) is 9.97 Å². The first-order valence-corrected chi connectivity index (χ1v) is 5.40. The molecule has 0 spiro atoms. The van der Waals surface area contributed by atoms with Crippen molar-refractivity contribution in [2.45, 2.75) is 20.3 Å². The summed E-state index contributed by atoms with van der Waals surface area (Å²) in [5.74, 6) is 0.0682. The summed E-state index contributed by atoms with van der Waals surface area (Å²) in [7, 11) is 0. The van der Waals surface area contributed by atoms with Crippen LogP contribution in [0, 0.1) is 19.7 Å². The second kappa shape index (κ2) is 4.49. The standard InChI is InChI=1S/C13H14FN3/c1-8-12(9(2)17-13(15)16-8)7-10-3-5-11(14)6-4-10/h3-6H,7H2,1-2H3,(H2,15,16,17). The molecule has 4 heteroatoms. The van der Waals surface area contributed by atoms with Crippen molar-refractivity contribution in [1.82, 2.24) is 9.97 Å². The van der Waals surface area contributed by atoms with Crippen molar-refractivity contribution in [1.29, 1.82) is 0 Å². The Morgan fingerprint density at radius 2 is 1.59 bits per heavy atom. The van der Waals surface area contributed by atoms with Crippen molar-refractivity contribution in [3.63, 3.8) is 0 Å². The van der Waals surface area contributed by atoms with Gasteiger partial charge in [-0.2, -0.15) is 0 Å². The first-order chi connectivity index (χ1) is 8.06. The molecule has 0 aliphatic carbocycles. The molecule has 88 valence electrons. The molecule has 17 heavy (non-hydrogen) atoms. The lowest BCUT2D eigenvalue weighted by Gasteiger charge is -2.09. The fraction of sp³-hybridized carbons (Fsp3) is 0.231. The van der Waals surface area contributed by atoms with E-state index >= 15 is 0 Å². The van der Waals surface area contributed by atoms with Crippen LogP contribution in [-0.2, 0) is 6.42 Å². The highest BCUT2D eigenvalue weighted by molar-refractivity contribution is 5.35. The first-order valence-electron chi connectivity index (χ1n) is 5.40. The van der Waals surface area contributed by atoms with E-state index in [0.717, 1.165) is 22.5 Å². The molecular weight excluding hydrogens is 217 g/mol. The number of hydrogen-bond donors (Lipinski definition) is 1. The van der Waals surface area contributed by atoms with Crippen LogP contribution in [0.2, 0.25) is 0 Å². The van der Waals surface area contributed by atoms with Gasteiger partial charge in [-0.25, -0.2) is 14.4 Å². The fourth-order valence-corrected chi connectivity index (χ4v) is 1.83. The third-order valence-corrected chi connectivity index (χ3v) is 2.73. The lowest BCUT2D eigenvalue weighted by molar-refractivity contribution is 0.627. The van der Waals surface area contributed by atoms with Crippen LogP contribution in [0.3, 0.4) is 0 Å². The van der Waals surface area contributed by atoms with E-state index in [-0.39, 0.29) is 5.82 Å². The predicted molar refractivity (Wildman–Crippen MR) is 65.1 cm³/mol. The molecule has 2 rings (SSSR count). The maximum atomic E-state index is 12.8. The topological polar surface area (TPSA) is 51.8 Å². The van der Waals surface area contributed by atoms with Gasteiger partial charge in [0, 0.05) is 17.8 Å². The van der Waals surface area contributed by atoms with Gasteiger partial charge in [-0.15, -0.1) is 0 Å². The van der Waals surface area contributed by atoms with Crippen molar-refractivity contribution < 1.29 is 4.39 Å². The molecule has 0 atom stereocenters. The highest BCUT2D eigenvalue weighted by Crippen LogP contribution is 2.16. The molecule has 0 aliphatic rings. The van der Waals surface area contributed by atoms with Crippen molar-refractivity contribution in [2.75, 3.05) is 5.73 Å². The van der Waals surface area contributed by atoms with Gasteiger partial charge in [0.05, 0.1) is 0 Å². The molecule has 0 amide bonds. The van der Waals surface area contributed by atoms with Crippen molar-refractivity contribution >= 4 is 5.95 Å². The van der Waals surface area contributed by atoms with Crippen LogP contribution < -0.4 is 5.73 Å². The molecule has 0 saturated carbocycles. The van der Waals surface area contributed by atoms with Gasteiger partial charge < -0.3 is 5.73 Å². The van der Waals surface area contributed by atoms with E-state index in [1.54, 1.807) is 12.1 Å². The Bertz CT molecular complexity index is 512. The Kier molecular flexibility index (Phi) is 3.04. The molecule has 3 nitrogen and oxygen atoms in total. The minimum Gasteiger partial charge on any atom is -0.368 e. The number of hydrogen-bond acceptors (Lipinski definition) is 3. The summed E-state index contributed by atoms with van der Waals surface area (Å²) in [4.78, 5) is 8.28. The van der Waals surface area contributed by atoms with Crippen LogP contribution in [0.1, 0.15) is 22.5 Å². The zero-order valence-corrected chi connectivity index (χ0v) is 9.87. The molecule has 0 saturated heterocycles. The van der Waals surface area contributed by atoms with Gasteiger partial charge in [0.2, 0.25) is 5.95 Å². The summed E-state index contributed by atoms with van der Waals surface area (Å²) in [6.45, 7) is 3.81. The van der Waals surface area contributed by atoms with Crippen LogP contribution in [0.5, 0.6) is 0 Å².